The van der Waals surface area contributed by atoms with Crippen LogP contribution in [0.25, 0.3) is 0 Å². The molecule has 2 saturated heterocycles. The number of aliphatic hydroxyl groups is 7. The van der Waals surface area contributed by atoms with Crippen LogP contribution in [0, 0.1) is 11.8 Å². The molecule has 0 amide bonds. The van der Waals surface area contributed by atoms with Crippen LogP contribution in [-0.2, 0) is 73.0 Å². The molecule has 9 N–H and O–H groups in total. The number of benzene rings is 1. The molecule has 0 aromatic heterocycles. The number of aliphatic hydroxyl groups excluding tert-OH is 7. The molecule has 1 aromatic rings. The van der Waals surface area contributed by atoms with Crippen molar-refractivity contribution in [1.82, 2.24) is 0 Å². The third-order valence-electron chi connectivity index (χ3n) is 11.1. The molecule has 0 bridgehead atoms. The number of allylic oxidation sites excluding steroid dienone is 2. The first-order chi connectivity index (χ1) is 31.0. The molecule has 23 heteroatoms. The lowest BCUT2D eigenvalue weighted by molar-refractivity contribution is -0.328. The molecule has 0 saturated carbocycles. The van der Waals surface area contributed by atoms with E-state index in [1.807, 2.05) is 0 Å². The van der Waals surface area contributed by atoms with Crippen molar-refractivity contribution < 1.29 is 113 Å². The number of hydrogen-bond donors (Lipinski definition) is 9. The fraction of sp³-hybridized carbons (Fsp3) is 0.571. The van der Waals surface area contributed by atoms with Gasteiger partial charge in [0, 0.05) is 29.4 Å². The number of hydrogen-bond acceptors (Lipinski definition) is 23. The molecule has 4 heterocycles. The molecule has 1 aromatic carbocycles. The zero-order chi connectivity index (χ0) is 47.7. The largest absolute Gasteiger partial charge is 0.504 e. The first kappa shape index (κ1) is 50.8. The molecule has 2 fully saturated rings. The van der Waals surface area contributed by atoms with Gasteiger partial charge in [-0.2, -0.15) is 0 Å². The first-order valence-electron chi connectivity index (χ1n) is 20.3. The first-order valence-corrected chi connectivity index (χ1v) is 20.3. The summed E-state index contributed by atoms with van der Waals surface area (Å²) in [6.07, 6.45) is -16.2. The quantitative estimate of drug-likeness (QED) is 0.0378. The van der Waals surface area contributed by atoms with Crippen molar-refractivity contribution in [2.75, 3.05) is 34.0 Å². The topological polar surface area (TPSA) is 343 Å². The Balaban J connectivity index is 1.24. The van der Waals surface area contributed by atoms with Crippen LogP contribution in [0.4, 0.5) is 0 Å². The summed E-state index contributed by atoms with van der Waals surface area (Å²) in [7, 11) is 2.20. The SMILES string of the molecule is C/C=C1\[C@H](O[C@@H]2O[C@H](CO)[C@@H](O)[C@H](O)[C@H]2O)OC=C(C(=O)OC)[C@H]1CC(=O)OC[C@H]1O[C@@H](O[C@@H]2OC=C(C(=O)OC)[C@@H](CC(=O)OCCc3ccc(O)c(O)c3)/C2=C/C)[C@H](O)[C@@H](O)[C@@H]1O. The second-order valence-corrected chi connectivity index (χ2v) is 15.1. The number of phenols is 2. The summed E-state index contributed by atoms with van der Waals surface area (Å²) in [5.74, 6) is -6.37. The Bertz CT molecular complexity index is 1980. The van der Waals surface area contributed by atoms with Gasteiger partial charge in [0.1, 0.15) is 55.4 Å². The van der Waals surface area contributed by atoms with Crippen molar-refractivity contribution in [1.29, 1.82) is 0 Å². The summed E-state index contributed by atoms with van der Waals surface area (Å²) >= 11 is 0. The molecule has 23 nitrogen and oxygen atoms in total. The van der Waals surface area contributed by atoms with E-state index < -0.39 is 136 Å². The highest BCUT2D eigenvalue weighted by molar-refractivity contribution is 5.91. The molecule has 14 atom stereocenters. The van der Waals surface area contributed by atoms with Gasteiger partial charge in [0.15, 0.2) is 24.1 Å². The number of aromatic hydroxyl groups is 2. The van der Waals surface area contributed by atoms with Crippen LogP contribution >= 0.6 is 0 Å². The Hall–Kier alpha value is -5.18. The lowest BCUT2D eigenvalue weighted by Crippen LogP contribution is -2.60. The van der Waals surface area contributed by atoms with E-state index in [0.29, 0.717) is 5.56 Å². The molecule has 4 aliphatic heterocycles. The van der Waals surface area contributed by atoms with Crippen LogP contribution in [0.3, 0.4) is 0 Å². The molecule has 0 unspecified atom stereocenters. The Morgan fingerprint density at radius 2 is 1.12 bits per heavy atom. The summed E-state index contributed by atoms with van der Waals surface area (Å²) in [5.41, 5.74) is 0.611. The van der Waals surface area contributed by atoms with Gasteiger partial charge in [0.2, 0.25) is 12.6 Å². The van der Waals surface area contributed by atoms with Crippen LogP contribution in [0.5, 0.6) is 11.5 Å². The number of carbonyl (C=O) groups is 4. The third-order valence-corrected chi connectivity index (χ3v) is 11.1. The van der Waals surface area contributed by atoms with Gasteiger partial charge in [-0.15, -0.1) is 0 Å². The number of rotatable bonds is 16. The van der Waals surface area contributed by atoms with E-state index in [0.717, 1.165) is 26.7 Å². The Morgan fingerprint density at radius 3 is 1.58 bits per heavy atom. The zero-order valence-corrected chi connectivity index (χ0v) is 35.6. The molecular formula is C42H54O23. The standard InChI is InChI=1S/C42H54O23/c1-5-19-21(12-29(46)58-10-9-18-7-8-25(44)26(45)11-18)23(37(54)56-3)15-61-40(19)65-42-36(53)34(51)32(49)28(63-42)17-59-30(47)13-22-20(6-2)39(60-16-24(22)38(55)57-4)64-41-35(52)33(50)31(48)27(14-43)62-41/h5-8,11,15-16,21-22,27-28,31-36,39-45,48-53H,9-10,12-14,17H2,1-4H3/b19-5-,20-6-/t21-,22-,27+,28+,31+,32+,33-,34-,35+,36+,39-,40-,41-,42-/m0/s1. The van der Waals surface area contributed by atoms with Gasteiger partial charge in [-0.3, -0.25) is 9.59 Å². The molecule has 65 heavy (non-hydrogen) atoms. The maximum absolute atomic E-state index is 13.4. The minimum absolute atomic E-state index is 0.0891. The van der Waals surface area contributed by atoms with Gasteiger partial charge >= 0.3 is 23.9 Å². The molecule has 0 radical (unpaired) electrons. The number of phenolic OH excluding ortho intramolecular Hbond substituents is 2. The van der Waals surface area contributed by atoms with Gasteiger partial charge < -0.3 is 93.3 Å². The Labute approximate surface area is 371 Å². The highest BCUT2D eigenvalue weighted by Crippen LogP contribution is 2.38. The van der Waals surface area contributed by atoms with Crippen molar-refractivity contribution in [3.05, 3.63) is 70.7 Å². The van der Waals surface area contributed by atoms with Crippen LogP contribution in [0.2, 0.25) is 0 Å². The lowest BCUT2D eigenvalue weighted by atomic mass is 9.86. The maximum Gasteiger partial charge on any atom is 0.337 e. The summed E-state index contributed by atoms with van der Waals surface area (Å²) in [6.45, 7) is 1.45. The molecule has 5 rings (SSSR count). The third kappa shape index (κ3) is 11.8. The van der Waals surface area contributed by atoms with Crippen molar-refractivity contribution in [2.24, 2.45) is 11.8 Å². The van der Waals surface area contributed by atoms with E-state index in [2.05, 4.69) is 0 Å². The Morgan fingerprint density at radius 1 is 0.646 bits per heavy atom. The van der Waals surface area contributed by atoms with E-state index in [4.69, 9.17) is 47.4 Å². The maximum atomic E-state index is 13.4. The van der Waals surface area contributed by atoms with E-state index in [-0.39, 0.29) is 46.8 Å². The van der Waals surface area contributed by atoms with E-state index in [9.17, 15) is 65.1 Å². The number of esters is 4. The average Bonchev–Trinajstić information content (AvgIpc) is 3.29. The van der Waals surface area contributed by atoms with Gasteiger partial charge in [-0.1, -0.05) is 18.2 Å². The summed E-state index contributed by atoms with van der Waals surface area (Å²) in [5, 5.41) is 92.4. The van der Waals surface area contributed by atoms with Crippen molar-refractivity contribution in [3.8, 4) is 11.5 Å². The average molecular weight is 927 g/mol. The minimum atomic E-state index is -1.93. The van der Waals surface area contributed by atoms with Gasteiger partial charge in [0.05, 0.1) is 63.9 Å². The van der Waals surface area contributed by atoms with Crippen LogP contribution in [0.1, 0.15) is 32.3 Å². The fourth-order valence-corrected chi connectivity index (χ4v) is 7.47. The summed E-state index contributed by atoms with van der Waals surface area (Å²) in [4.78, 5) is 52.1. The summed E-state index contributed by atoms with van der Waals surface area (Å²) < 4.78 is 54.6. The number of carbonyl (C=O) groups excluding carboxylic acids is 4. The minimum Gasteiger partial charge on any atom is -0.504 e. The number of ether oxygens (including phenoxy) is 10. The van der Waals surface area contributed by atoms with E-state index in [1.165, 1.54) is 37.3 Å². The van der Waals surface area contributed by atoms with Crippen molar-refractivity contribution in [3.63, 3.8) is 0 Å². The second-order valence-electron chi connectivity index (χ2n) is 15.1. The number of methoxy groups -OCH3 is 2. The van der Waals surface area contributed by atoms with Gasteiger partial charge in [-0.25, -0.2) is 9.59 Å². The Kier molecular flexibility index (Phi) is 17.8. The van der Waals surface area contributed by atoms with Crippen LogP contribution in [0.15, 0.2) is 65.2 Å². The zero-order valence-electron chi connectivity index (χ0n) is 35.6. The van der Waals surface area contributed by atoms with Crippen molar-refractivity contribution >= 4 is 23.9 Å². The van der Waals surface area contributed by atoms with Crippen molar-refractivity contribution in [2.45, 2.75) is 107 Å². The predicted molar refractivity (Wildman–Crippen MR) is 212 cm³/mol. The monoisotopic (exact) mass is 926 g/mol. The van der Waals surface area contributed by atoms with Gasteiger partial charge in [-0.05, 0) is 31.5 Å². The predicted octanol–water partition coefficient (Wildman–Crippen LogP) is -1.90. The molecule has 4 aliphatic rings. The normalized spacial score (nSPS) is 33.8. The van der Waals surface area contributed by atoms with Crippen LogP contribution < -0.4 is 0 Å². The lowest BCUT2D eigenvalue weighted by Gasteiger charge is -2.42. The fourth-order valence-electron chi connectivity index (χ4n) is 7.47. The molecular weight excluding hydrogens is 872 g/mol. The second kappa shape index (κ2) is 22.8. The molecule has 360 valence electrons. The highest BCUT2D eigenvalue weighted by atomic mass is 16.8. The van der Waals surface area contributed by atoms with E-state index >= 15 is 0 Å². The summed E-state index contributed by atoms with van der Waals surface area (Å²) in [6, 6.07) is 4.12. The highest BCUT2D eigenvalue weighted by Gasteiger charge is 2.49. The molecule has 0 aliphatic carbocycles. The smallest absolute Gasteiger partial charge is 0.337 e. The van der Waals surface area contributed by atoms with Gasteiger partial charge in [0.25, 0.3) is 0 Å². The van der Waals surface area contributed by atoms with E-state index in [1.54, 1.807) is 6.92 Å². The molecule has 0 spiro atoms. The van der Waals surface area contributed by atoms with Crippen LogP contribution in [-0.4, -0.2) is 178 Å².